The van der Waals surface area contributed by atoms with E-state index in [9.17, 15) is 4.79 Å². The summed E-state index contributed by atoms with van der Waals surface area (Å²) in [6.07, 6.45) is 2.52. The van der Waals surface area contributed by atoms with Crippen LogP contribution in [-0.4, -0.2) is 15.7 Å². The first kappa shape index (κ1) is 11.8. The molecule has 4 heteroatoms. The summed E-state index contributed by atoms with van der Waals surface area (Å²) >= 11 is 0. The Labute approximate surface area is 90.7 Å². The number of amides is 1. The third-order valence-electron chi connectivity index (χ3n) is 2.18. The van der Waals surface area contributed by atoms with Crippen LogP contribution in [0.5, 0.6) is 0 Å². The number of nitrogens with one attached hydrogen (secondary N) is 1. The smallest absolute Gasteiger partial charge is 0.220 e. The van der Waals surface area contributed by atoms with E-state index in [0.29, 0.717) is 18.9 Å². The lowest BCUT2D eigenvalue weighted by Crippen LogP contribution is -2.24. The Morgan fingerprint density at radius 1 is 1.60 bits per heavy atom. The molecule has 0 fully saturated rings. The van der Waals surface area contributed by atoms with Gasteiger partial charge in [-0.25, -0.2) is 0 Å². The van der Waals surface area contributed by atoms with Crippen molar-refractivity contribution in [2.24, 2.45) is 13.0 Å². The van der Waals surface area contributed by atoms with Gasteiger partial charge in [-0.2, -0.15) is 5.10 Å². The number of hydrogen-bond donors (Lipinski definition) is 1. The van der Waals surface area contributed by atoms with Gasteiger partial charge in [0.2, 0.25) is 5.91 Å². The van der Waals surface area contributed by atoms with Gasteiger partial charge >= 0.3 is 0 Å². The molecule has 0 unspecified atom stereocenters. The van der Waals surface area contributed by atoms with Gasteiger partial charge in [0.05, 0.1) is 5.69 Å². The molecule has 1 rings (SSSR count). The Hall–Kier alpha value is -1.32. The average molecular weight is 209 g/mol. The molecule has 0 aliphatic heterocycles. The summed E-state index contributed by atoms with van der Waals surface area (Å²) < 4.78 is 1.76. The molecular formula is C11H19N3O. The fourth-order valence-corrected chi connectivity index (χ4v) is 1.46. The van der Waals surface area contributed by atoms with Crippen molar-refractivity contribution < 1.29 is 4.79 Å². The highest BCUT2D eigenvalue weighted by Crippen LogP contribution is 2.04. The number of carbonyl (C=O) groups is 1. The van der Waals surface area contributed by atoms with E-state index >= 15 is 0 Å². The molecule has 0 spiro atoms. The maximum atomic E-state index is 11.4. The van der Waals surface area contributed by atoms with Gasteiger partial charge in [0.1, 0.15) is 0 Å². The Balaban J connectivity index is 2.43. The lowest BCUT2D eigenvalue weighted by atomic mass is 10.1. The van der Waals surface area contributed by atoms with Crippen LogP contribution in [0.2, 0.25) is 0 Å². The first-order chi connectivity index (χ1) is 6.99. The van der Waals surface area contributed by atoms with Gasteiger partial charge in [0.15, 0.2) is 0 Å². The summed E-state index contributed by atoms with van der Waals surface area (Å²) in [5.41, 5.74) is 2.05. The molecule has 15 heavy (non-hydrogen) atoms. The molecule has 0 atom stereocenters. The van der Waals surface area contributed by atoms with Crippen molar-refractivity contribution in [1.29, 1.82) is 0 Å². The molecule has 0 aliphatic rings. The lowest BCUT2D eigenvalue weighted by molar-refractivity contribution is -0.121. The average Bonchev–Trinajstić information content (AvgIpc) is 2.40. The van der Waals surface area contributed by atoms with Crippen LogP contribution in [0, 0.1) is 12.8 Å². The summed E-state index contributed by atoms with van der Waals surface area (Å²) in [5, 5.41) is 7.11. The van der Waals surface area contributed by atoms with Crippen molar-refractivity contribution >= 4 is 5.91 Å². The second-order valence-corrected chi connectivity index (χ2v) is 4.29. The van der Waals surface area contributed by atoms with Crippen LogP contribution in [0.25, 0.3) is 0 Å². The van der Waals surface area contributed by atoms with Crippen molar-refractivity contribution in [3.05, 3.63) is 17.5 Å². The summed E-state index contributed by atoms with van der Waals surface area (Å²) in [6, 6.07) is 0. The first-order valence-corrected chi connectivity index (χ1v) is 5.25. The normalized spacial score (nSPS) is 10.7. The van der Waals surface area contributed by atoms with Crippen molar-refractivity contribution in [3.8, 4) is 0 Å². The molecule has 0 saturated carbocycles. The van der Waals surface area contributed by atoms with Crippen LogP contribution in [0.1, 0.15) is 31.5 Å². The molecule has 0 radical (unpaired) electrons. The summed E-state index contributed by atoms with van der Waals surface area (Å²) in [6.45, 7) is 6.60. The number of aryl methyl sites for hydroxylation is 2. The molecule has 0 bridgehead atoms. The van der Waals surface area contributed by atoms with Crippen LogP contribution in [0.15, 0.2) is 6.20 Å². The maximum absolute atomic E-state index is 11.4. The van der Waals surface area contributed by atoms with Gasteiger partial charge in [0.25, 0.3) is 0 Å². The molecule has 0 aromatic carbocycles. The van der Waals surface area contributed by atoms with E-state index in [2.05, 4.69) is 10.4 Å². The van der Waals surface area contributed by atoms with Crippen LogP contribution < -0.4 is 5.32 Å². The van der Waals surface area contributed by atoms with E-state index in [1.54, 1.807) is 4.68 Å². The number of hydrogen-bond acceptors (Lipinski definition) is 2. The standard InChI is InChI=1S/C11H19N3O/c1-8(2)5-11(15)12-6-10-7-14(4)13-9(10)3/h7-8H,5-6H2,1-4H3,(H,12,15). The Morgan fingerprint density at radius 3 is 2.73 bits per heavy atom. The van der Waals surface area contributed by atoms with Crippen LogP contribution in [-0.2, 0) is 18.4 Å². The van der Waals surface area contributed by atoms with Crippen LogP contribution in [0.4, 0.5) is 0 Å². The van der Waals surface area contributed by atoms with E-state index in [1.165, 1.54) is 0 Å². The number of nitrogens with zero attached hydrogens (tertiary/aromatic N) is 2. The number of carbonyl (C=O) groups excluding carboxylic acids is 1. The molecule has 1 aromatic rings. The van der Waals surface area contributed by atoms with E-state index in [1.807, 2.05) is 34.0 Å². The molecule has 1 heterocycles. The number of rotatable bonds is 4. The summed E-state index contributed by atoms with van der Waals surface area (Å²) in [7, 11) is 1.88. The van der Waals surface area contributed by atoms with E-state index in [0.717, 1.165) is 11.3 Å². The van der Waals surface area contributed by atoms with E-state index < -0.39 is 0 Å². The van der Waals surface area contributed by atoms with Gasteiger partial charge in [-0.05, 0) is 12.8 Å². The first-order valence-electron chi connectivity index (χ1n) is 5.25. The lowest BCUT2D eigenvalue weighted by Gasteiger charge is -2.06. The zero-order valence-electron chi connectivity index (χ0n) is 9.87. The molecule has 0 saturated heterocycles. The van der Waals surface area contributed by atoms with Crippen LogP contribution >= 0.6 is 0 Å². The maximum Gasteiger partial charge on any atom is 0.220 e. The SMILES string of the molecule is Cc1nn(C)cc1CNC(=O)CC(C)C. The highest BCUT2D eigenvalue weighted by atomic mass is 16.1. The van der Waals surface area contributed by atoms with Gasteiger partial charge < -0.3 is 5.32 Å². The summed E-state index contributed by atoms with van der Waals surface area (Å²) in [4.78, 5) is 11.4. The van der Waals surface area contributed by atoms with Crippen molar-refractivity contribution in [2.75, 3.05) is 0 Å². The van der Waals surface area contributed by atoms with Crippen molar-refractivity contribution in [3.63, 3.8) is 0 Å². The zero-order chi connectivity index (χ0) is 11.4. The highest BCUT2D eigenvalue weighted by molar-refractivity contribution is 5.76. The third kappa shape index (κ3) is 3.73. The second kappa shape index (κ2) is 4.96. The Kier molecular flexibility index (Phi) is 3.88. The minimum absolute atomic E-state index is 0.105. The predicted molar refractivity (Wildman–Crippen MR) is 59.2 cm³/mol. The second-order valence-electron chi connectivity index (χ2n) is 4.29. The Bertz CT molecular complexity index is 342. The highest BCUT2D eigenvalue weighted by Gasteiger charge is 2.07. The Morgan fingerprint density at radius 2 is 2.27 bits per heavy atom. The number of aromatic nitrogens is 2. The van der Waals surface area contributed by atoms with Crippen LogP contribution in [0.3, 0.4) is 0 Å². The summed E-state index contributed by atoms with van der Waals surface area (Å²) in [5.74, 6) is 0.508. The van der Waals surface area contributed by atoms with E-state index in [4.69, 9.17) is 0 Å². The van der Waals surface area contributed by atoms with E-state index in [-0.39, 0.29) is 5.91 Å². The van der Waals surface area contributed by atoms with Gasteiger partial charge in [0, 0.05) is 31.8 Å². The minimum atomic E-state index is 0.105. The fourth-order valence-electron chi connectivity index (χ4n) is 1.46. The molecule has 0 aliphatic carbocycles. The monoisotopic (exact) mass is 209 g/mol. The van der Waals surface area contributed by atoms with Gasteiger partial charge in [-0.15, -0.1) is 0 Å². The quantitative estimate of drug-likeness (QED) is 0.814. The molecular weight excluding hydrogens is 190 g/mol. The molecule has 1 aromatic heterocycles. The van der Waals surface area contributed by atoms with Crippen molar-refractivity contribution in [1.82, 2.24) is 15.1 Å². The largest absolute Gasteiger partial charge is 0.352 e. The topological polar surface area (TPSA) is 46.9 Å². The van der Waals surface area contributed by atoms with Gasteiger partial charge in [-0.1, -0.05) is 13.8 Å². The van der Waals surface area contributed by atoms with Gasteiger partial charge in [-0.3, -0.25) is 9.48 Å². The zero-order valence-corrected chi connectivity index (χ0v) is 9.87. The third-order valence-corrected chi connectivity index (χ3v) is 2.18. The molecule has 1 N–H and O–H groups in total. The predicted octanol–water partition coefficient (Wildman–Crippen LogP) is 1.39. The molecule has 1 amide bonds. The fraction of sp³-hybridized carbons (Fsp3) is 0.636. The minimum Gasteiger partial charge on any atom is -0.352 e. The molecule has 84 valence electrons. The molecule has 4 nitrogen and oxygen atoms in total. The van der Waals surface area contributed by atoms with Crippen molar-refractivity contribution in [2.45, 2.75) is 33.7 Å².